The molecule has 4 heterocycles. The van der Waals surface area contributed by atoms with E-state index in [1.54, 1.807) is 0 Å². The van der Waals surface area contributed by atoms with Crippen LogP contribution in [0.3, 0.4) is 0 Å². The number of benzene rings is 13. The van der Waals surface area contributed by atoms with Gasteiger partial charge in [0.1, 0.15) is 11.5 Å². The maximum absolute atomic E-state index is 7.17. The molecule has 0 radical (unpaired) electrons. The van der Waals surface area contributed by atoms with Crippen molar-refractivity contribution < 1.29 is 4.74 Å². The normalized spacial score (nSPS) is 12.8. The van der Waals surface area contributed by atoms with Crippen LogP contribution in [-0.2, 0) is 0 Å². The summed E-state index contributed by atoms with van der Waals surface area (Å²) in [6, 6.07) is 112. The van der Waals surface area contributed by atoms with Gasteiger partial charge in [-0.1, -0.05) is 229 Å². The minimum Gasteiger partial charge on any atom is -0.458 e. The Hall–Kier alpha value is -10.7. The van der Waals surface area contributed by atoms with E-state index < -0.39 is 0 Å². The highest BCUT2D eigenvalue weighted by atomic mass is 32.2. The van der Waals surface area contributed by atoms with E-state index in [2.05, 4.69) is 337 Å². The maximum atomic E-state index is 7.17. The Morgan fingerprint density at radius 1 is 0.318 bits per heavy atom. The monoisotopic (exact) mass is 1140 g/mol. The molecule has 17 rings (SSSR count). The van der Waals surface area contributed by atoms with Gasteiger partial charge >= 0.3 is 0 Å². The molecule has 13 aromatic rings. The van der Waals surface area contributed by atoms with Gasteiger partial charge in [-0.25, -0.2) is 0 Å². The topological polar surface area (TPSA) is 22.2 Å². The van der Waals surface area contributed by atoms with E-state index in [4.69, 9.17) is 4.74 Å². The molecule has 0 amide bonds. The number of hydrogen-bond acceptors (Lipinski definition) is 6. The van der Waals surface area contributed by atoms with Gasteiger partial charge in [-0.15, -0.1) is 0 Å². The summed E-state index contributed by atoms with van der Waals surface area (Å²) in [7, 11) is 0. The van der Waals surface area contributed by atoms with Crippen LogP contribution in [0.25, 0.3) is 22.3 Å². The molecule has 0 saturated carbocycles. The number of ether oxygens (including phenoxy) is 1. The summed E-state index contributed by atoms with van der Waals surface area (Å²) in [5.41, 5.74) is 27.6. The zero-order chi connectivity index (χ0) is 58.4. The molecule has 0 fully saturated rings. The number of rotatable bonds is 10. The second-order valence-electron chi connectivity index (χ2n) is 23.3. The Morgan fingerprint density at radius 2 is 0.795 bits per heavy atom. The highest BCUT2D eigenvalue weighted by Gasteiger charge is 2.48. The van der Waals surface area contributed by atoms with Gasteiger partial charge in [0.15, 0.2) is 0 Å². The van der Waals surface area contributed by atoms with Crippen LogP contribution in [0.5, 0.6) is 11.5 Å². The van der Waals surface area contributed by atoms with Crippen molar-refractivity contribution in [2.45, 2.75) is 23.6 Å². The van der Waals surface area contributed by atoms with Crippen molar-refractivity contribution in [2.24, 2.45) is 0 Å². The first kappa shape index (κ1) is 51.7. The summed E-state index contributed by atoms with van der Waals surface area (Å²) in [5.74, 6) is 1.76. The largest absolute Gasteiger partial charge is 0.458 e. The van der Waals surface area contributed by atoms with Crippen molar-refractivity contribution in [3.05, 3.63) is 314 Å². The van der Waals surface area contributed by atoms with Gasteiger partial charge in [-0.05, 0) is 149 Å². The van der Waals surface area contributed by atoms with Gasteiger partial charge in [0.05, 0.1) is 17.1 Å². The van der Waals surface area contributed by atoms with Crippen molar-refractivity contribution in [1.29, 1.82) is 0 Å². The first-order valence-corrected chi connectivity index (χ1v) is 31.1. The molecule has 4 aliphatic heterocycles. The number of fused-ring (bicyclic) bond motifs is 8. The van der Waals surface area contributed by atoms with E-state index in [0.29, 0.717) is 0 Å². The lowest BCUT2D eigenvalue weighted by molar-refractivity contribution is 0.486. The molecule has 0 spiro atoms. The smallest absolute Gasteiger partial charge is 0.253 e. The predicted octanol–water partition coefficient (Wildman–Crippen LogP) is 17.7. The maximum Gasteiger partial charge on any atom is 0.253 e. The summed E-state index contributed by atoms with van der Waals surface area (Å²) in [5, 5.41) is 0. The SMILES string of the molecule is Cc1ccc(-c2cccc(-c3ccc(C)cc3)c2N2c3cc4c(cc3B3c5ccccc5N(c5ccccc5)c5cc(N(c6ccccc6)c6ccccc6)cc2c53)B2c3ccccc3Oc3cc(N(c5ccccc5)c5ccccc5)cc(c32)S4)cc1. The molecule has 13 aromatic carbocycles. The second kappa shape index (κ2) is 21.1. The second-order valence-corrected chi connectivity index (χ2v) is 24.4. The molecule has 414 valence electrons. The first-order chi connectivity index (χ1) is 43.5. The molecule has 0 N–H and O–H groups in total. The Labute approximate surface area is 519 Å². The van der Waals surface area contributed by atoms with E-state index in [1.807, 2.05) is 11.8 Å². The Kier molecular flexibility index (Phi) is 12.4. The lowest BCUT2D eigenvalue weighted by Crippen LogP contribution is -2.64. The van der Waals surface area contributed by atoms with E-state index in [9.17, 15) is 0 Å². The third kappa shape index (κ3) is 8.50. The number of hydrogen-bond donors (Lipinski definition) is 0. The highest BCUT2D eigenvalue weighted by molar-refractivity contribution is 8.00. The Morgan fingerprint density at radius 3 is 1.36 bits per heavy atom. The van der Waals surface area contributed by atoms with Crippen LogP contribution in [0.1, 0.15) is 11.1 Å². The summed E-state index contributed by atoms with van der Waals surface area (Å²) in [6.45, 7) is 4.07. The predicted molar refractivity (Wildman–Crippen MR) is 372 cm³/mol. The molecule has 0 bridgehead atoms. The molecule has 8 heteroatoms. The van der Waals surface area contributed by atoms with Crippen LogP contribution in [0, 0.1) is 13.8 Å². The zero-order valence-electron chi connectivity index (χ0n) is 48.6. The number of para-hydroxylation sites is 8. The van der Waals surface area contributed by atoms with E-state index in [0.717, 1.165) is 102 Å². The van der Waals surface area contributed by atoms with Gasteiger partial charge < -0.3 is 24.3 Å². The van der Waals surface area contributed by atoms with Crippen LogP contribution in [0.2, 0.25) is 0 Å². The van der Waals surface area contributed by atoms with Gasteiger partial charge in [-0.3, -0.25) is 0 Å². The van der Waals surface area contributed by atoms with E-state index >= 15 is 0 Å². The zero-order valence-corrected chi connectivity index (χ0v) is 49.4. The summed E-state index contributed by atoms with van der Waals surface area (Å²) in [6.07, 6.45) is 0. The van der Waals surface area contributed by atoms with Crippen LogP contribution < -0.4 is 57.1 Å². The minimum atomic E-state index is -0.170. The van der Waals surface area contributed by atoms with Crippen LogP contribution in [0.15, 0.2) is 313 Å². The molecule has 0 aliphatic carbocycles. The quantitative estimate of drug-likeness (QED) is 0.126. The summed E-state index contributed by atoms with van der Waals surface area (Å²) < 4.78 is 7.17. The minimum absolute atomic E-state index is 0.114. The lowest BCUT2D eigenvalue weighted by Gasteiger charge is -2.46. The highest BCUT2D eigenvalue weighted by Crippen LogP contribution is 2.53. The molecule has 5 nitrogen and oxygen atoms in total. The number of nitrogens with zero attached hydrogens (tertiary/aromatic N) is 4. The fraction of sp³-hybridized carbons (Fsp3) is 0.0250. The number of aryl methyl sites for hydroxylation is 2. The standard InChI is InChI=1S/C80H56B2N4OS/c1-53-39-43-55(44-40-53)64-33-22-34-65(56-45-41-54(2)42-46-56)80(64)86-71-52-76-69(82-67-36-19-21-38-74(67)87-75-49-63(50-77(88-76)79(75)82)84(59-27-12-5-13-28-59)60-29-14-6-15-30-60)51-68(71)81-66-35-18-20-37-70(66)85(61-31-16-7-17-32-61)72-47-62(48-73(86)78(72)81)83(57-23-8-3-9-24-57)58-25-10-4-11-26-58/h3-52H,1-2H3. The van der Waals surface area contributed by atoms with Crippen molar-refractivity contribution in [1.82, 2.24) is 0 Å². The molecule has 0 aromatic heterocycles. The van der Waals surface area contributed by atoms with Crippen LogP contribution in [-0.4, -0.2) is 13.4 Å². The third-order valence-corrected chi connectivity index (χ3v) is 19.2. The lowest BCUT2D eigenvalue weighted by atomic mass is 9.31. The molecule has 88 heavy (non-hydrogen) atoms. The number of anilines is 12. The van der Waals surface area contributed by atoms with Gasteiger partial charge in [0, 0.05) is 78.2 Å². The molecule has 0 unspecified atom stereocenters. The Balaban J connectivity index is 0.997. The van der Waals surface area contributed by atoms with Gasteiger partial charge in [-0.2, -0.15) is 0 Å². The molecule has 0 atom stereocenters. The van der Waals surface area contributed by atoms with Crippen LogP contribution >= 0.6 is 11.8 Å². The van der Waals surface area contributed by atoms with Gasteiger partial charge in [0.2, 0.25) is 0 Å². The first-order valence-electron chi connectivity index (χ1n) is 30.3. The third-order valence-electron chi connectivity index (χ3n) is 18.0. The van der Waals surface area contributed by atoms with E-state index in [1.165, 1.54) is 53.7 Å². The van der Waals surface area contributed by atoms with Gasteiger partial charge in [0.25, 0.3) is 13.4 Å². The molecule has 4 aliphatic rings. The molecule has 0 saturated heterocycles. The van der Waals surface area contributed by atoms with Crippen LogP contribution in [0.4, 0.5) is 68.2 Å². The van der Waals surface area contributed by atoms with Crippen molar-refractivity contribution >= 4 is 126 Å². The average molecular weight is 1140 g/mol. The Bertz CT molecular complexity index is 4700. The van der Waals surface area contributed by atoms with Crippen molar-refractivity contribution in [2.75, 3.05) is 19.6 Å². The molecular weight excluding hydrogens is 1090 g/mol. The average Bonchev–Trinajstić information content (AvgIpc) is 0.771. The molecular formula is C80H56B2N4OS. The fourth-order valence-corrected chi connectivity index (χ4v) is 15.3. The fourth-order valence-electron chi connectivity index (χ4n) is 14.1. The van der Waals surface area contributed by atoms with Crippen molar-refractivity contribution in [3.8, 4) is 33.8 Å². The summed E-state index contributed by atoms with van der Waals surface area (Å²) in [4.78, 5) is 12.4. The van der Waals surface area contributed by atoms with E-state index in [-0.39, 0.29) is 13.4 Å². The van der Waals surface area contributed by atoms with Crippen molar-refractivity contribution in [3.63, 3.8) is 0 Å². The summed E-state index contributed by atoms with van der Waals surface area (Å²) >= 11 is 1.86.